The van der Waals surface area contributed by atoms with Gasteiger partial charge in [0.2, 0.25) is 0 Å². The molecule has 30 heavy (non-hydrogen) atoms. The third-order valence-electron chi connectivity index (χ3n) is 6.17. The van der Waals surface area contributed by atoms with Crippen LogP contribution in [0.2, 0.25) is 0 Å². The van der Waals surface area contributed by atoms with Crippen LogP contribution in [0.4, 0.5) is 13.2 Å². The second kappa shape index (κ2) is 7.20. The van der Waals surface area contributed by atoms with Crippen LogP contribution in [0.5, 0.6) is 0 Å². The van der Waals surface area contributed by atoms with Gasteiger partial charge in [-0.15, -0.1) is 11.3 Å². The third-order valence-corrected chi connectivity index (χ3v) is 7.35. The number of aromatic amines is 1. The number of halogens is 3. The molecule has 4 nitrogen and oxygen atoms in total. The molecule has 1 fully saturated rings. The molecule has 0 aliphatic heterocycles. The van der Waals surface area contributed by atoms with E-state index < -0.39 is 11.7 Å². The summed E-state index contributed by atoms with van der Waals surface area (Å²) < 4.78 is 39.4. The quantitative estimate of drug-likeness (QED) is 0.600. The van der Waals surface area contributed by atoms with Gasteiger partial charge in [0.1, 0.15) is 10.7 Å². The van der Waals surface area contributed by atoms with E-state index >= 15 is 0 Å². The Kier molecular flexibility index (Phi) is 4.74. The molecule has 2 heterocycles. The molecule has 2 aliphatic rings. The monoisotopic (exact) mass is 433 g/mol. The molecule has 1 aromatic carbocycles. The largest absolute Gasteiger partial charge is 0.416 e. The number of alkyl halides is 3. The van der Waals surface area contributed by atoms with Gasteiger partial charge < -0.3 is 4.98 Å². The van der Waals surface area contributed by atoms with Crippen molar-refractivity contribution in [1.82, 2.24) is 14.9 Å². The van der Waals surface area contributed by atoms with E-state index in [1.54, 1.807) is 17.4 Å². The summed E-state index contributed by atoms with van der Waals surface area (Å²) >= 11 is 1.60. The van der Waals surface area contributed by atoms with Gasteiger partial charge in [-0.2, -0.15) is 13.2 Å². The molecule has 0 radical (unpaired) electrons. The third kappa shape index (κ3) is 3.56. The van der Waals surface area contributed by atoms with E-state index in [4.69, 9.17) is 4.98 Å². The van der Waals surface area contributed by atoms with Crippen molar-refractivity contribution in [3.63, 3.8) is 0 Å². The lowest BCUT2D eigenvalue weighted by Gasteiger charge is -2.29. The molecular formula is C22H22F3N3OS. The van der Waals surface area contributed by atoms with Crippen LogP contribution >= 0.6 is 11.3 Å². The number of fused-ring (bicyclic) bond motifs is 3. The van der Waals surface area contributed by atoms with Crippen LogP contribution in [0.3, 0.4) is 0 Å². The molecule has 2 aromatic heterocycles. The lowest BCUT2D eigenvalue weighted by atomic mass is 10.0. The van der Waals surface area contributed by atoms with Crippen molar-refractivity contribution >= 4 is 21.6 Å². The van der Waals surface area contributed by atoms with Gasteiger partial charge in [-0.25, -0.2) is 4.98 Å². The van der Waals surface area contributed by atoms with Crippen LogP contribution in [-0.2, 0) is 25.6 Å². The molecule has 158 valence electrons. The fraction of sp³-hybridized carbons (Fsp3) is 0.455. The highest BCUT2D eigenvalue weighted by atomic mass is 32.1. The molecule has 0 spiro atoms. The predicted octanol–water partition coefficient (Wildman–Crippen LogP) is 5.22. The van der Waals surface area contributed by atoms with Crippen molar-refractivity contribution in [1.29, 1.82) is 0 Å². The Morgan fingerprint density at radius 2 is 2.10 bits per heavy atom. The average Bonchev–Trinajstić information content (AvgIpc) is 3.33. The highest BCUT2D eigenvalue weighted by molar-refractivity contribution is 7.18. The van der Waals surface area contributed by atoms with Crippen molar-refractivity contribution in [3.05, 3.63) is 62.0 Å². The Balaban J connectivity index is 1.46. The van der Waals surface area contributed by atoms with Crippen LogP contribution < -0.4 is 5.56 Å². The van der Waals surface area contributed by atoms with Gasteiger partial charge in [-0.3, -0.25) is 9.69 Å². The molecule has 1 atom stereocenters. The summed E-state index contributed by atoms with van der Waals surface area (Å²) in [6, 6.07) is 5.60. The van der Waals surface area contributed by atoms with Gasteiger partial charge in [-0.05, 0) is 62.3 Å². The zero-order valence-corrected chi connectivity index (χ0v) is 17.4. The Labute approximate surface area is 175 Å². The van der Waals surface area contributed by atoms with Crippen LogP contribution in [0.25, 0.3) is 10.2 Å². The Bertz CT molecular complexity index is 1160. The summed E-state index contributed by atoms with van der Waals surface area (Å²) in [5.74, 6) is 0.582. The Morgan fingerprint density at radius 3 is 2.83 bits per heavy atom. The van der Waals surface area contributed by atoms with Gasteiger partial charge in [0.15, 0.2) is 0 Å². The molecule has 5 rings (SSSR count). The standard InChI is InChI=1S/C22H22F3N3OS/c1-12(13-4-2-5-14(10-13)22(23,24)25)28(15-8-9-15)11-18-26-20(29)19-16-6-3-7-17(16)30-21(19)27-18/h2,4-5,10,12,15H,3,6-9,11H2,1H3,(H,26,27,29). The summed E-state index contributed by atoms with van der Waals surface area (Å²) in [4.78, 5) is 24.6. The number of nitrogens with one attached hydrogen (secondary N) is 1. The van der Waals surface area contributed by atoms with E-state index in [1.807, 2.05) is 6.92 Å². The number of H-pyrrole nitrogens is 1. The average molecular weight is 433 g/mol. The van der Waals surface area contributed by atoms with E-state index in [1.165, 1.54) is 17.0 Å². The number of aryl methyl sites for hydroxylation is 2. The highest BCUT2D eigenvalue weighted by Gasteiger charge is 2.35. The zero-order chi connectivity index (χ0) is 21.0. The molecule has 2 aliphatic carbocycles. The molecule has 0 bridgehead atoms. The minimum absolute atomic E-state index is 0.100. The minimum atomic E-state index is -4.36. The smallest absolute Gasteiger partial charge is 0.309 e. The van der Waals surface area contributed by atoms with Crippen molar-refractivity contribution in [3.8, 4) is 0 Å². The maximum atomic E-state index is 13.1. The topological polar surface area (TPSA) is 49.0 Å². The van der Waals surface area contributed by atoms with Crippen LogP contribution in [-0.4, -0.2) is 20.9 Å². The first-order valence-electron chi connectivity index (χ1n) is 10.3. The number of hydrogen-bond acceptors (Lipinski definition) is 4. The van der Waals surface area contributed by atoms with Crippen molar-refractivity contribution in [2.24, 2.45) is 0 Å². The number of thiophene rings is 1. The summed E-state index contributed by atoms with van der Waals surface area (Å²) in [5, 5.41) is 0.722. The summed E-state index contributed by atoms with van der Waals surface area (Å²) in [6.07, 6.45) is 0.665. The van der Waals surface area contributed by atoms with Gasteiger partial charge in [0.05, 0.1) is 17.5 Å². The fourth-order valence-electron chi connectivity index (χ4n) is 4.45. The molecule has 8 heteroatoms. The summed E-state index contributed by atoms with van der Waals surface area (Å²) in [6.45, 7) is 2.33. The van der Waals surface area contributed by atoms with Gasteiger partial charge in [-0.1, -0.05) is 12.1 Å². The molecule has 1 unspecified atom stereocenters. The number of aromatic nitrogens is 2. The van der Waals surface area contributed by atoms with E-state index in [2.05, 4.69) is 9.88 Å². The number of benzene rings is 1. The van der Waals surface area contributed by atoms with Gasteiger partial charge in [0, 0.05) is 17.0 Å². The number of rotatable bonds is 5. The van der Waals surface area contributed by atoms with Crippen molar-refractivity contribution in [2.75, 3.05) is 0 Å². The van der Waals surface area contributed by atoms with Crippen LogP contribution in [0, 0.1) is 0 Å². The maximum absolute atomic E-state index is 13.1. The minimum Gasteiger partial charge on any atom is -0.309 e. The maximum Gasteiger partial charge on any atom is 0.416 e. The lowest BCUT2D eigenvalue weighted by Crippen LogP contribution is -2.30. The normalized spacial score (nSPS) is 17.6. The molecular weight excluding hydrogens is 411 g/mol. The summed E-state index contributed by atoms with van der Waals surface area (Å²) in [7, 11) is 0. The van der Waals surface area contributed by atoms with E-state index in [0.29, 0.717) is 24.0 Å². The molecule has 0 saturated heterocycles. The predicted molar refractivity (Wildman–Crippen MR) is 111 cm³/mol. The first kappa shape index (κ1) is 19.8. The highest BCUT2D eigenvalue weighted by Crippen LogP contribution is 2.38. The van der Waals surface area contributed by atoms with E-state index in [-0.39, 0.29) is 11.6 Å². The second-order valence-corrected chi connectivity index (χ2v) is 9.34. The van der Waals surface area contributed by atoms with E-state index in [0.717, 1.165) is 54.0 Å². The SMILES string of the molecule is CC(c1cccc(C(F)(F)F)c1)N(Cc1nc2sc3c(c2c(=O)[nH]1)CCC3)C1CC1. The molecule has 1 N–H and O–H groups in total. The Morgan fingerprint density at radius 1 is 1.30 bits per heavy atom. The zero-order valence-electron chi connectivity index (χ0n) is 16.6. The molecule has 0 amide bonds. The Hall–Kier alpha value is -2.19. The van der Waals surface area contributed by atoms with Crippen LogP contribution in [0.1, 0.15) is 59.6 Å². The summed E-state index contributed by atoms with van der Waals surface area (Å²) in [5.41, 5.74) is 1.03. The van der Waals surface area contributed by atoms with E-state index in [9.17, 15) is 18.0 Å². The fourth-order valence-corrected chi connectivity index (χ4v) is 5.73. The molecule has 3 aromatic rings. The lowest BCUT2D eigenvalue weighted by molar-refractivity contribution is -0.137. The van der Waals surface area contributed by atoms with Crippen molar-refractivity contribution < 1.29 is 13.2 Å². The second-order valence-electron chi connectivity index (χ2n) is 8.25. The number of hydrogen-bond donors (Lipinski definition) is 1. The van der Waals surface area contributed by atoms with Gasteiger partial charge in [0.25, 0.3) is 5.56 Å². The molecule has 1 saturated carbocycles. The first-order valence-corrected chi connectivity index (χ1v) is 11.1. The number of nitrogens with zero attached hydrogens (tertiary/aromatic N) is 2. The first-order chi connectivity index (χ1) is 14.3. The van der Waals surface area contributed by atoms with Gasteiger partial charge >= 0.3 is 6.18 Å². The van der Waals surface area contributed by atoms with Crippen molar-refractivity contribution in [2.45, 2.75) is 63.8 Å². The van der Waals surface area contributed by atoms with Crippen LogP contribution in [0.15, 0.2) is 29.1 Å².